The number of hydrogen-bond acceptors (Lipinski definition) is 2. The van der Waals surface area contributed by atoms with Gasteiger partial charge >= 0.3 is 0 Å². The van der Waals surface area contributed by atoms with Crippen LogP contribution in [0.3, 0.4) is 0 Å². The molecule has 1 N–H and O–H groups in total. The van der Waals surface area contributed by atoms with E-state index in [2.05, 4.69) is 15.9 Å². The van der Waals surface area contributed by atoms with Crippen molar-refractivity contribution in [2.45, 2.75) is 19.6 Å². The number of anilines is 1. The summed E-state index contributed by atoms with van der Waals surface area (Å²) in [6.45, 7) is 2.21. The molecule has 0 heterocycles. The van der Waals surface area contributed by atoms with Gasteiger partial charge in [-0.15, -0.1) is 0 Å². The van der Waals surface area contributed by atoms with E-state index in [0.29, 0.717) is 17.8 Å². The van der Waals surface area contributed by atoms with Crippen LogP contribution in [0.15, 0.2) is 46.9 Å². The smallest absolute Gasteiger partial charge is 0.146 e. The molecule has 2 aromatic carbocycles. The molecule has 0 spiro atoms. The molecule has 0 aliphatic rings. The monoisotopic (exact) mass is 337 g/mol. The molecule has 0 unspecified atom stereocenters. The molecule has 0 saturated carbocycles. The summed E-state index contributed by atoms with van der Waals surface area (Å²) >= 11 is 3.43. The number of nitrogens with zero attached hydrogens (tertiary/aromatic N) is 1. The van der Waals surface area contributed by atoms with E-state index in [-0.39, 0.29) is 5.82 Å². The zero-order chi connectivity index (χ0) is 14.7. The van der Waals surface area contributed by atoms with Gasteiger partial charge in [0.05, 0.1) is 11.8 Å². The highest BCUT2D eigenvalue weighted by molar-refractivity contribution is 9.10. The third-order valence-corrected chi connectivity index (χ3v) is 3.65. The lowest BCUT2D eigenvalue weighted by Gasteiger charge is -2.24. The lowest BCUT2D eigenvalue weighted by atomic mass is 10.1. The first-order valence-electron chi connectivity index (χ1n) is 6.41. The molecule has 0 aromatic heterocycles. The van der Waals surface area contributed by atoms with Crippen LogP contribution in [0.2, 0.25) is 0 Å². The Hall–Kier alpha value is -1.39. The number of aliphatic hydroxyl groups is 1. The largest absolute Gasteiger partial charge is 0.389 e. The number of benzene rings is 2. The zero-order valence-corrected chi connectivity index (χ0v) is 13.1. The minimum Gasteiger partial charge on any atom is -0.389 e. The summed E-state index contributed by atoms with van der Waals surface area (Å²) in [5.74, 6) is -0.319. The Labute approximate surface area is 127 Å². The molecular weight excluding hydrogens is 321 g/mol. The molecule has 1 atom stereocenters. The van der Waals surface area contributed by atoms with Gasteiger partial charge in [-0.25, -0.2) is 4.39 Å². The van der Waals surface area contributed by atoms with E-state index in [9.17, 15) is 9.50 Å². The van der Waals surface area contributed by atoms with Gasteiger partial charge in [-0.2, -0.15) is 0 Å². The second-order valence-electron chi connectivity index (χ2n) is 4.84. The number of hydrogen-bond donors (Lipinski definition) is 1. The van der Waals surface area contributed by atoms with E-state index in [4.69, 9.17) is 0 Å². The fourth-order valence-electron chi connectivity index (χ4n) is 2.26. The minimum atomic E-state index is -0.703. The van der Waals surface area contributed by atoms with E-state index in [1.807, 2.05) is 36.2 Å². The highest BCUT2D eigenvalue weighted by atomic mass is 79.9. The van der Waals surface area contributed by atoms with Gasteiger partial charge in [0.25, 0.3) is 0 Å². The van der Waals surface area contributed by atoms with Crippen molar-refractivity contribution in [1.29, 1.82) is 0 Å². The number of aliphatic hydroxyl groups excluding tert-OH is 1. The molecule has 2 rings (SSSR count). The molecule has 2 aromatic rings. The summed E-state index contributed by atoms with van der Waals surface area (Å²) in [4.78, 5) is 1.82. The summed E-state index contributed by atoms with van der Waals surface area (Å²) in [5, 5.41) is 9.79. The van der Waals surface area contributed by atoms with Crippen LogP contribution >= 0.6 is 15.9 Å². The van der Waals surface area contributed by atoms with Crippen molar-refractivity contribution in [3.63, 3.8) is 0 Å². The Morgan fingerprint density at radius 3 is 2.60 bits per heavy atom. The van der Waals surface area contributed by atoms with Crippen molar-refractivity contribution < 1.29 is 9.50 Å². The molecule has 2 nitrogen and oxygen atoms in total. The Balaban J connectivity index is 2.31. The van der Waals surface area contributed by atoms with E-state index in [1.54, 1.807) is 19.1 Å². The van der Waals surface area contributed by atoms with Crippen LogP contribution < -0.4 is 4.90 Å². The fourth-order valence-corrected chi connectivity index (χ4v) is 2.71. The topological polar surface area (TPSA) is 23.5 Å². The van der Waals surface area contributed by atoms with E-state index in [1.165, 1.54) is 6.07 Å². The van der Waals surface area contributed by atoms with Crippen molar-refractivity contribution >= 4 is 21.6 Å². The average Bonchev–Trinajstić information content (AvgIpc) is 2.38. The van der Waals surface area contributed by atoms with Gasteiger partial charge in [-0.3, -0.25) is 0 Å². The van der Waals surface area contributed by atoms with Crippen molar-refractivity contribution in [3.8, 4) is 0 Å². The van der Waals surface area contributed by atoms with Crippen LogP contribution in [0.4, 0.5) is 10.1 Å². The molecule has 0 aliphatic heterocycles. The Kier molecular flexibility index (Phi) is 4.78. The van der Waals surface area contributed by atoms with Gasteiger partial charge < -0.3 is 10.0 Å². The number of para-hydroxylation sites is 1. The molecule has 0 fully saturated rings. The molecule has 106 valence electrons. The average molecular weight is 338 g/mol. The van der Waals surface area contributed by atoms with E-state index < -0.39 is 6.10 Å². The third kappa shape index (κ3) is 3.38. The van der Waals surface area contributed by atoms with Crippen LogP contribution in [0.1, 0.15) is 24.2 Å². The summed E-state index contributed by atoms with van der Waals surface area (Å²) in [5.41, 5.74) is 2.12. The second kappa shape index (κ2) is 6.37. The number of rotatable bonds is 4. The molecule has 4 heteroatoms. The first-order valence-corrected chi connectivity index (χ1v) is 7.20. The molecule has 0 bridgehead atoms. The highest BCUT2D eigenvalue weighted by Gasteiger charge is 2.16. The Bertz CT molecular complexity index is 601. The molecule has 20 heavy (non-hydrogen) atoms. The van der Waals surface area contributed by atoms with E-state index >= 15 is 0 Å². The lowest BCUT2D eigenvalue weighted by Crippen LogP contribution is -2.20. The van der Waals surface area contributed by atoms with Gasteiger partial charge in [-0.1, -0.05) is 40.2 Å². The van der Waals surface area contributed by atoms with Crippen LogP contribution in [0, 0.1) is 5.82 Å². The summed E-state index contributed by atoms with van der Waals surface area (Å²) < 4.78 is 15.1. The molecule has 0 saturated heterocycles. The maximum atomic E-state index is 14.1. The van der Waals surface area contributed by atoms with Gasteiger partial charge in [-0.05, 0) is 30.7 Å². The first-order chi connectivity index (χ1) is 9.49. The first kappa shape index (κ1) is 15.0. The quantitative estimate of drug-likeness (QED) is 0.900. The summed E-state index contributed by atoms with van der Waals surface area (Å²) in [7, 11) is 1.82. The maximum absolute atomic E-state index is 14.1. The highest BCUT2D eigenvalue weighted by Crippen LogP contribution is 2.29. The van der Waals surface area contributed by atoms with E-state index in [0.717, 1.165) is 10.0 Å². The van der Waals surface area contributed by atoms with Crippen LogP contribution in [-0.2, 0) is 6.54 Å². The van der Waals surface area contributed by atoms with Crippen LogP contribution in [0.5, 0.6) is 0 Å². The second-order valence-corrected chi connectivity index (χ2v) is 5.76. The van der Waals surface area contributed by atoms with Crippen LogP contribution in [0.25, 0.3) is 0 Å². The third-order valence-electron chi connectivity index (χ3n) is 3.16. The lowest BCUT2D eigenvalue weighted by molar-refractivity contribution is 0.199. The standard InChI is InChI=1S/C16H17BrFNO/c1-11(20)14-7-4-8-15(18)16(14)19(2)10-12-5-3-6-13(17)9-12/h3-9,11,20H,10H2,1-2H3/t11-/m0/s1. The van der Waals surface area contributed by atoms with Gasteiger partial charge in [0.1, 0.15) is 5.82 Å². The Morgan fingerprint density at radius 2 is 1.95 bits per heavy atom. The Morgan fingerprint density at radius 1 is 1.25 bits per heavy atom. The van der Waals surface area contributed by atoms with Crippen molar-refractivity contribution in [2.75, 3.05) is 11.9 Å². The fraction of sp³-hybridized carbons (Fsp3) is 0.250. The maximum Gasteiger partial charge on any atom is 0.146 e. The SMILES string of the molecule is C[C@H](O)c1cccc(F)c1N(C)Cc1cccc(Br)c1. The van der Waals surface area contributed by atoms with Crippen molar-refractivity contribution in [1.82, 2.24) is 0 Å². The van der Waals surface area contributed by atoms with Gasteiger partial charge in [0.15, 0.2) is 0 Å². The van der Waals surface area contributed by atoms with Crippen molar-refractivity contribution in [3.05, 3.63) is 63.9 Å². The summed E-state index contributed by atoms with van der Waals surface area (Å²) in [6.07, 6.45) is -0.703. The van der Waals surface area contributed by atoms with Gasteiger partial charge in [0, 0.05) is 23.6 Å². The molecule has 0 aliphatic carbocycles. The minimum absolute atomic E-state index is 0.319. The number of halogens is 2. The van der Waals surface area contributed by atoms with Gasteiger partial charge in [0.2, 0.25) is 0 Å². The predicted molar refractivity (Wildman–Crippen MR) is 83.3 cm³/mol. The van der Waals surface area contributed by atoms with Crippen molar-refractivity contribution in [2.24, 2.45) is 0 Å². The zero-order valence-electron chi connectivity index (χ0n) is 11.5. The van der Waals surface area contributed by atoms with Crippen LogP contribution in [-0.4, -0.2) is 12.2 Å². The summed E-state index contributed by atoms with van der Waals surface area (Å²) in [6, 6.07) is 12.7. The predicted octanol–water partition coefficient (Wildman–Crippen LogP) is 4.28. The molecule has 0 radical (unpaired) electrons. The molecule has 0 amide bonds. The normalized spacial score (nSPS) is 12.2. The molecular formula is C16H17BrFNO.